The maximum Gasteiger partial charge on any atom is 0.254 e. The van der Waals surface area contributed by atoms with Crippen molar-refractivity contribution in [1.82, 2.24) is 4.90 Å². The Kier molecular flexibility index (Phi) is 4.78. The van der Waals surface area contributed by atoms with Crippen molar-refractivity contribution in [2.24, 2.45) is 5.73 Å². The van der Waals surface area contributed by atoms with E-state index in [0.717, 1.165) is 17.3 Å². The summed E-state index contributed by atoms with van der Waals surface area (Å²) in [5.74, 6) is 1.30. The summed E-state index contributed by atoms with van der Waals surface area (Å²) in [7, 11) is 0. The highest BCUT2D eigenvalue weighted by atomic mass is 79.9. The first kappa shape index (κ1) is 15.4. The summed E-state index contributed by atoms with van der Waals surface area (Å²) in [4.78, 5) is 14.3. The minimum atomic E-state index is 0. The number of hydrogen-bond acceptors (Lipinski definition) is 4. The van der Waals surface area contributed by atoms with E-state index in [-0.39, 0.29) is 31.1 Å². The highest BCUT2D eigenvalue weighted by Gasteiger charge is 2.25. The lowest BCUT2D eigenvalue weighted by atomic mass is 10.0. The standard InChI is InChI=1S/C13H15BrN2O3.ClH/c14-10-5-8(6-11-12(10)19-7-18-11)13(17)16-3-1-9(15)2-4-16;/h5-6,9H,1-4,7,15H2;1H. The summed E-state index contributed by atoms with van der Waals surface area (Å²) in [5.41, 5.74) is 6.47. The first-order chi connectivity index (χ1) is 9.15. The van der Waals surface area contributed by atoms with Gasteiger partial charge in [0.25, 0.3) is 5.91 Å². The number of amides is 1. The number of ether oxygens (including phenoxy) is 2. The monoisotopic (exact) mass is 362 g/mol. The number of fused-ring (bicyclic) bond motifs is 1. The summed E-state index contributed by atoms with van der Waals surface area (Å²) < 4.78 is 11.4. The molecule has 2 N–H and O–H groups in total. The molecule has 0 atom stereocenters. The molecule has 0 aliphatic carbocycles. The Labute approximate surface area is 131 Å². The zero-order valence-electron chi connectivity index (χ0n) is 10.8. The van der Waals surface area contributed by atoms with Gasteiger partial charge in [-0.05, 0) is 40.9 Å². The summed E-state index contributed by atoms with van der Waals surface area (Å²) in [6.07, 6.45) is 1.72. The van der Waals surface area contributed by atoms with Crippen molar-refractivity contribution in [1.29, 1.82) is 0 Å². The maximum absolute atomic E-state index is 12.4. The highest BCUT2D eigenvalue weighted by molar-refractivity contribution is 9.10. The Hall–Kier alpha value is -0.980. The molecule has 20 heavy (non-hydrogen) atoms. The lowest BCUT2D eigenvalue weighted by Crippen LogP contribution is -2.42. The molecular weight excluding hydrogens is 348 g/mol. The Morgan fingerprint density at radius 3 is 2.70 bits per heavy atom. The van der Waals surface area contributed by atoms with E-state index < -0.39 is 0 Å². The van der Waals surface area contributed by atoms with Crippen molar-refractivity contribution in [2.75, 3.05) is 19.9 Å². The van der Waals surface area contributed by atoms with E-state index >= 15 is 0 Å². The molecular formula is C13H16BrClN2O3. The number of carbonyl (C=O) groups excluding carboxylic acids is 1. The van der Waals surface area contributed by atoms with E-state index in [1.165, 1.54) is 0 Å². The number of carbonyl (C=O) groups is 1. The van der Waals surface area contributed by atoms with Gasteiger partial charge in [0.15, 0.2) is 11.5 Å². The van der Waals surface area contributed by atoms with E-state index in [2.05, 4.69) is 15.9 Å². The van der Waals surface area contributed by atoms with Crippen molar-refractivity contribution < 1.29 is 14.3 Å². The van der Waals surface area contributed by atoms with Crippen LogP contribution in [0.1, 0.15) is 23.2 Å². The highest BCUT2D eigenvalue weighted by Crippen LogP contribution is 2.40. The molecule has 1 amide bonds. The fourth-order valence-corrected chi connectivity index (χ4v) is 2.93. The first-order valence-electron chi connectivity index (χ1n) is 6.29. The van der Waals surface area contributed by atoms with Crippen LogP contribution in [0.3, 0.4) is 0 Å². The predicted molar refractivity (Wildman–Crippen MR) is 80.6 cm³/mol. The minimum absolute atomic E-state index is 0. The third-order valence-electron chi connectivity index (χ3n) is 3.50. The molecule has 1 aromatic carbocycles. The van der Waals surface area contributed by atoms with Crippen LogP contribution in [0.2, 0.25) is 0 Å². The van der Waals surface area contributed by atoms with E-state index in [1.54, 1.807) is 12.1 Å². The largest absolute Gasteiger partial charge is 0.454 e. The van der Waals surface area contributed by atoms with Crippen molar-refractivity contribution in [3.63, 3.8) is 0 Å². The molecule has 1 saturated heterocycles. The number of rotatable bonds is 1. The van der Waals surface area contributed by atoms with Crippen LogP contribution in [0.25, 0.3) is 0 Å². The van der Waals surface area contributed by atoms with Gasteiger partial charge in [0.2, 0.25) is 6.79 Å². The SMILES string of the molecule is Cl.NC1CCN(C(=O)c2cc(Br)c3c(c2)OCO3)CC1. The van der Waals surface area contributed by atoms with Crippen LogP contribution in [0.5, 0.6) is 11.5 Å². The van der Waals surface area contributed by atoms with Crippen molar-refractivity contribution in [3.05, 3.63) is 22.2 Å². The zero-order valence-corrected chi connectivity index (χ0v) is 13.2. The van der Waals surface area contributed by atoms with Crippen LogP contribution in [0, 0.1) is 0 Å². The first-order valence-corrected chi connectivity index (χ1v) is 7.08. The molecule has 2 aliphatic rings. The molecule has 2 aliphatic heterocycles. The molecule has 5 nitrogen and oxygen atoms in total. The second-order valence-corrected chi connectivity index (χ2v) is 5.68. The van der Waals surface area contributed by atoms with Crippen LogP contribution in [0.4, 0.5) is 0 Å². The molecule has 0 radical (unpaired) electrons. The number of likely N-dealkylation sites (tertiary alicyclic amines) is 1. The van der Waals surface area contributed by atoms with Gasteiger partial charge < -0.3 is 20.1 Å². The van der Waals surface area contributed by atoms with Gasteiger partial charge in [-0.1, -0.05) is 0 Å². The Balaban J connectivity index is 0.00000147. The molecule has 0 spiro atoms. The normalized spacial score (nSPS) is 17.8. The number of benzene rings is 1. The number of piperidine rings is 1. The number of halogens is 2. The molecule has 1 fully saturated rings. The number of hydrogen-bond donors (Lipinski definition) is 1. The number of nitrogens with two attached hydrogens (primary N) is 1. The van der Waals surface area contributed by atoms with Gasteiger partial charge in [-0.3, -0.25) is 4.79 Å². The molecule has 2 heterocycles. The van der Waals surface area contributed by atoms with Crippen LogP contribution in [0.15, 0.2) is 16.6 Å². The second-order valence-electron chi connectivity index (χ2n) is 4.82. The Bertz CT molecular complexity index is 519. The predicted octanol–water partition coefficient (Wildman–Crippen LogP) is 2.16. The lowest BCUT2D eigenvalue weighted by molar-refractivity contribution is 0.0714. The van der Waals surface area contributed by atoms with Crippen LogP contribution in [-0.2, 0) is 0 Å². The van der Waals surface area contributed by atoms with Crippen molar-refractivity contribution >= 4 is 34.2 Å². The lowest BCUT2D eigenvalue weighted by Gasteiger charge is -2.30. The third-order valence-corrected chi connectivity index (χ3v) is 4.09. The molecule has 0 aromatic heterocycles. The Morgan fingerprint density at radius 1 is 1.30 bits per heavy atom. The van der Waals surface area contributed by atoms with Gasteiger partial charge in [-0.15, -0.1) is 12.4 Å². The fraction of sp³-hybridized carbons (Fsp3) is 0.462. The summed E-state index contributed by atoms with van der Waals surface area (Å²) in [5, 5.41) is 0. The van der Waals surface area contributed by atoms with E-state index in [4.69, 9.17) is 15.2 Å². The smallest absolute Gasteiger partial charge is 0.254 e. The summed E-state index contributed by atoms with van der Waals surface area (Å²) in [6, 6.07) is 3.74. The van der Waals surface area contributed by atoms with Gasteiger partial charge in [-0.2, -0.15) is 0 Å². The van der Waals surface area contributed by atoms with Gasteiger partial charge in [-0.25, -0.2) is 0 Å². The maximum atomic E-state index is 12.4. The van der Waals surface area contributed by atoms with Gasteiger partial charge in [0.1, 0.15) is 0 Å². The van der Waals surface area contributed by atoms with Gasteiger partial charge >= 0.3 is 0 Å². The van der Waals surface area contributed by atoms with Crippen LogP contribution < -0.4 is 15.2 Å². The van der Waals surface area contributed by atoms with Crippen molar-refractivity contribution in [3.8, 4) is 11.5 Å². The molecule has 3 rings (SSSR count). The minimum Gasteiger partial charge on any atom is -0.454 e. The average Bonchev–Trinajstić information content (AvgIpc) is 2.87. The van der Waals surface area contributed by atoms with E-state index in [0.29, 0.717) is 30.2 Å². The average molecular weight is 364 g/mol. The topological polar surface area (TPSA) is 64.8 Å². The number of nitrogens with zero attached hydrogens (tertiary/aromatic N) is 1. The van der Waals surface area contributed by atoms with Gasteiger partial charge in [0, 0.05) is 24.7 Å². The van der Waals surface area contributed by atoms with Gasteiger partial charge in [0.05, 0.1) is 4.47 Å². The Morgan fingerprint density at radius 2 is 2.00 bits per heavy atom. The molecule has 0 saturated carbocycles. The molecule has 0 unspecified atom stereocenters. The summed E-state index contributed by atoms with van der Waals surface area (Å²) >= 11 is 3.40. The fourth-order valence-electron chi connectivity index (χ4n) is 2.38. The molecule has 0 bridgehead atoms. The summed E-state index contributed by atoms with van der Waals surface area (Å²) in [6.45, 7) is 1.63. The zero-order chi connectivity index (χ0) is 13.4. The van der Waals surface area contributed by atoms with Crippen molar-refractivity contribution in [2.45, 2.75) is 18.9 Å². The van der Waals surface area contributed by atoms with Crippen LogP contribution in [-0.4, -0.2) is 36.7 Å². The van der Waals surface area contributed by atoms with E-state index in [1.807, 2.05) is 4.90 Å². The van der Waals surface area contributed by atoms with Crippen LogP contribution >= 0.6 is 28.3 Å². The second kappa shape index (κ2) is 6.20. The third kappa shape index (κ3) is 2.87. The quantitative estimate of drug-likeness (QED) is 0.830. The molecule has 7 heteroatoms. The molecule has 1 aromatic rings. The molecule has 110 valence electrons. The van der Waals surface area contributed by atoms with E-state index in [9.17, 15) is 4.79 Å².